The molecule has 0 radical (unpaired) electrons. The van der Waals surface area contributed by atoms with Gasteiger partial charge in [0.15, 0.2) is 0 Å². The molecule has 0 spiro atoms. The molecule has 0 bridgehead atoms. The first kappa shape index (κ1) is 18.8. The van der Waals surface area contributed by atoms with E-state index in [4.69, 9.17) is 4.42 Å². The lowest BCUT2D eigenvalue weighted by Crippen LogP contribution is -2.51. The zero-order valence-electron chi connectivity index (χ0n) is 16.4. The van der Waals surface area contributed by atoms with E-state index in [-0.39, 0.29) is 23.4 Å². The smallest absolute Gasteiger partial charge is 0.315 e. The first-order valence-corrected chi connectivity index (χ1v) is 9.70. The van der Waals surface area contributed by atoms with Gasteiger partial charge in [-0.2, -0.15) is 0 Å². The maximum atomic E-state index is 12.5. The van der Waals surface area contributed by atoms with E-state index in [0.29, 0.717) is 0 Å². The lowest BCUT2D eigenvalue weighted by Gasteiger charge is -2.35. The van der Waals surface area contributed by atoms with Crippen LogP contribution in [0.25, 0.3) is 0 Å². The van der Waals surface area contributed by atoms with Crippen molar-refractivity contribution in [1.82, 2.24) is 15.5 Å². The largest absolute Gasteiger partial charge is 0.466 e. The molecular formula is C20H31N3O3. The first-order chi connectivity index (χ1) is 12.2. The quantitative estimate of drug-likeness (QED) is 0.867. The molecule has 6 heteroatoms. The predicted molar refractivity (Wildman–Crippen MR) is 99.8 cm³/mol. The van der Waals surface area contributed by atoms with Gasteiger partial charge in [-0.1, -0.05) is 13.8 Å². The van der Waals surface area contributed by atoms with Crippen LogP contribution in [-0.4, -0.2) is 36.0 Å². The summed E-state index contributed by atoms with van der Waals surface area (Å²) in [5, 5.41) is 5.87. The molecular weight excluding hydrogens is 330 g/mol. The third-order valence-corrected chi connectivity index (χ3v) is 5.43. The summed E-state index contributed by atoms with van der Waals surface area (Å²) in [4.78, 5) is 26.9. The highest BCUT2D eigenvalue weighted by Crippen LogP contribution is 2.41. The molecule has 1 aromatic heterocycles. The summed E-state index contributed by atoms with van der Waals surface area (Å²) in [7, 11) is 0. The molecule has 6 nitrogen and oxygen atoms in total. The van der Waals surface area contributed by atoms with Crippen molar-refractivity contribution >= 4 is 11.9 Å². The molecule has 3 amide bonds. The third-order valence-electron chi connectivity index (χ3n) is 5.43. The number of likely N-dealkylation sites (tertiary alicyclic amines) is 1. The van der Waals surface area contributed by atoms with Gasteiger partial charge in [0.1, 0.15) is 17.6 Å². The number of furan rings is 1. The van der Waals surface area contributed by atoms with E-state index in [9.17, 15) is 9.59 Å². The SMILES string of the molecule is Cc1cc2c(o1)CC(C)(C)C[C@@H]2NC(=O)N[C@H](C)C(=O)N1CCCCC1. The number of nitrogens with zero attached hydrogens (tertiary/aromatic N) is 1. The van der Waals surface area contributed by atoms with Crippen LogP contribution < -0.4 is 10.6 Å². The van der Waals surface area contributed by atoms with Crippen LogP contribution in [0, 0.1) is 12.3 Å². The van der Waals surface area contributed by atoms with Crippen molar-refractivity contribution in [2.45, 2.75) is 71.9 Å². The number of piperidine rings is 1. The van der Waals surface area contributed by atoms with Crippen LogP contribution in [0.2, 0.25) is 0 Å². The number of rotatable bonds is 3. The normalized spacial score (nSPS) is 23.1. The van der Waals surface area contributed by atoms with Gasteiger partial charge in [-0.25, -0.2) is 4.79 Å². The van der Waals surface area contributed by atoms with Gasteiger partial charge >= 0.3 is 6.03 Å². The minimum Gasteiger partial charge on any atom is -0.466 e. The Morgan fingerprint density at radius 3 is 2.65 bits per heavy atom. The van der Waals surface area contributed by atoms with Crippen LogP contribution in [0.1, 0.15) is 69.6 Å². The van der Waals surface area contributed by atoms with E-state index in [1.54, 1.807) is 6.92 Å². The molecule has 1 aliphatic heterocycles. The fourth-order valence-corrected chi connectivity index (χ4v) is 4.16. The molecule has 2 N–H and O–H groups in total. The summed E-state index contributed by atoms with van der Waals surface area (Å²) >= 11 is 0. The summed E-state index contributed by atoms with van der Waals surface area (Å²) in [6, 6.07) is 1.10. The van der Waals surface area contributed by atoms with E-state index in [1.807, 2.05) is 17.9 Å². The highest BCUT2D eigenvalue weighted by Gasteiger charge is 2.36. The molecule has 3 rings (SSSR count). The lowest BCUT2D eigenvalue weighted by molar-refractivity contribution is -0.133. The van der Waals surface area contributed by atoms with Crippen molar-refractivity contribution in [3.63, 3.8) is 0 Å². The number of amides is 3. The number of urea groups is 1. The van der Waals surface area contributed by atoms with Crippen molar-refractivity contribution < 1.29 is 14.0 Å². The summed E-state index contributed by atoms with van der Waals surface area (Å²) in [5.41, 5.74) is 1.12. The van der Waals surface area contributed by atoms with Gasteiger partial charge in [-0.3, -0.25) is 4.79 Å². The number of nitrogens with one attached hydrogen (secondary N) is 2. The Hall–Kier alpha value is -1.98. The van der Waals surface area contributed by atoms with Crippen LogP contribution in [0.15, 0.2) is 10.5 Å². The van der Waals surface area contributed by atoms with Crippen molar-refractivity contribution in [2.24, 2.45) is 5.41 Å². The Balaban J connectivity index is 1.61. The monoisotopic (exact) mass is 361 g/mol. The summed E-state index contributed by atoms with van der Waals surface area (Å²) in [5.74, 6) is 1.83. The highest BCUT2D eigenvalue weighted by atomic mass is 16.3. The van der Waals surface area contributed by atoms with Crippen LogP contribution in [0.4, 0.5) is 4.79 Å². The van der Waals surface area contributed by atoms with Gasteiger partial charge in [-0.05, 0) is 51.0 Å². The van der Waals surface area contributed by atoms with Crippen LogP contribution in [0.5, 0.6) is 0 Å². The van der Waals surface area contributed by atoms with Gasteiger partial charge in [-0.15, -0.1) is 0 Å². The molecule has 0 aromatic carbocycles. The van der Waals surface area contributed by atoms with Gasteiger partial charge in [0, 0.05) is 25.1 Å². The fourth-order valence-electron chi connectivity index (χ4n) is 4.16. The molecule has 1 saturated heterocycles. The minimum absolute atomic E-state index is 0.00340. The minimum atomic E-state index is -0.518. The molecule has 26 heavy (non-hydrogen) atoms. The maximum absolute atomic E-state index is 12.5. The van der Waals surface area contributed by atoms with Gasteiger partial charge in [0.25, 0.3) is 0 Å². The van der Waals surface area contributed by atoms with Gasteiger partial charge < -0.3 is 20.0 Å². The van der Waals surface area contributed by atoms with Crippen molar-refractivity contribution in [1.29, 1.82) is 0 Å². The highest BCUT2D eigenvalue weighted by molar-refractivity contribution is 5.86. The number of aryl methyl sites for hydroxylation is 1. The number of carbonyl (C=O) groups excluding carboxylic acids is 2. The zero-order valence-corrected chi connectivity index (χ0v) is 16.4. The number of hydrogen-bond donors (Lipinski definition) is 2. The Morgan fingerprint density at radius 2 is 1.96 bits per heavy atom. The number of fused-ring (bicyclic) bond motifs is 1. The molecule has 1 aliphatic carbocycles. The summed E-state index contributed by atoms with van der Waals surface area (Å²) < 4.78 is 5.82. The van der Waals surface area contributed by atoms with E-state index >= 15 is 0 Å². The summed E-state index contributed by atoms with van der Waals surface area (Å²) in [6.07, 6.45) is 4.99. The lowest BCUT2D eigenvalue weighted by atomic mass is 9.75. The standard InChI is InChI=1S/C20H31N3O3/c1-13-10-15-16(11-20(3,4)12-17(15)26-13)22-19(25)21-14(2)18(24)23-8-6-5-7-9-23/h10,14,16H,5-9,11-12H2,1-4H3,(H2,21,22,25)/t14-,16+/m1/s1. The van der Waals surface area contributed by atoms with Crippen molar-refractivity contribution in [3.05, 3.63) is 23.2 Å². The van der Waals surface area contributed by atoms with Gasteiger partial charge in [0.2, 0.25) is 5.91 Å². The Bertz CT molecular complexity index is 674. The van der Waals surface area contributed by atoms with Crippen LogP contribution >= 0.6 is 0 Å². The topological polar surface area (TPSA) is 74.6 Å². The van der Waals surface area contributed by atoms with E-state index in [0.717, 1.165) is 55.9 Å². The number of carbonyl (C=O) groups is 2. The van der Waals surface area contributed by atoms with Crippen molar-refractivity contribution in [2.75, 3.05) is 13.1 Å². The molecule has 2 atom stereocenters. The molecule has 0 unspecified atom stereocenters. The van der Waals surface area contributed by atoms with E-state index < -0.39 is 6.04 Å². The first-order valence-electron chi connectivity index (χ1n) is 9.70. The van der Waals surface area contributed by atoms with Gasteiger partial charge in [0.05, 0.1) is 6.04 Å². The maximum Gasteiger partial charge on any atom is 0.315 e. The van der Waals surface area contributed by atoms with E-state index in [2.05, 4.69) is 24.5 Å². The molecule has 144 valence electrons. The second-order valence-corrected chi connectivity index (χ2v) is 8.56. The van der Waals surface area contributed by atoms with Crippen LogP contribution in [0.3, 0.4) is 0 Å². The predicted octanol–water partition coefficient (Wildman–Crippen LogP) is 3.30. The Morgan fingerprint density at radius 1 is 1.27 bits per heavy atom. The average molecular weight is 361 g/mol. The molecule has 1 aromatic rings. The number of hydrogen-bond acceptors (Lipinski definition) is 3. The Labute approximate surface area is 155 Å². The second-order valence-electron chi connectivity index (χ2n) is 8.56. The molecule has 2 heterocycles. The molecule has 2 aliphatic rings. The average Bonchev–Trinajstić information content (AvgIpc) is 2.93. The summed E-state index contributed by atoms with van der Waals surface area (Å²) in [6.45, 7) is 9.64. The molecule has 1 fully saturated rings. The third kappa shape index (κ3) is 4.22. The zero-order chi connectivity index (χ0) is 18.9. The van der Waals surface area contributed by atoms with E-state index in [1.165, 1.54) is 6.42 Å². The second kappa shape index (κ2) is 7.33. The molecule has 0 saturated carbocycles. The fraction of sp³-hybridized carbons (Fsp3) is 0.700. The van der Waals surface area contributed by atoms with Crippen LogP contribution in [-0.2, 0) is 11.2 Å². The van der Waals surface area contributed by atoms with Crippen molar-refractivity contribution in [3.8, 4) is 0 Å². The Kier molecular flexibility index (Phi) is 5.30.